The zero-order chi connectivity index (χ0) is 18.1. The van der Waals surface area contributed by atoms with Gasteiger partial charge in [0.25, 0.3) is 0 Å². The van der Waals surface area contributed by atoms with Gasteiger partial charge in [-0.25, -0.2) is 9.37 Å². The second-order valence-electron chi connectivity index (χ2n) is 6.57. The molecule has 0 spiro atoms. The van der Waals surface area contributed by atoms with Crippen LogP contribution in [0.1, 0.15) is 36.4 Å². The van der Waals surface area contributed by atoms with Gasteiger partial charge in [0, 0.05) is 30.6 Å². The number of nitrogens with one attached hydrogen (secondary N) is 2. The summed E-state index contributed by atoms with van der Waals surface area (Å²) < 4.78 is 13.4. The highest BCUT2D eigenvalue weighted by Gasteiger charge is 2.31. The molecule has 0 saturated carbocycles. The number of halogens is 1. The highest BCUT2D eigenvalue weighted by atomic mass is 32.1. The van der Waals surface area contributed by atoms with Gasteiger partial charge in [0.15, 0.2) is 5.13 Å². The third-order valence-corrected chi connectivity index (χ3v) is 5.68. The fourth-order valence-corrected chi connectivity index (χ4v) is 4.28. The molecule has 1 aromatic heterocycles. The maximum Gasteiger partial charge on any atom is 0.228 e. The van der Waals surface area contributed by atoms with Gasteiger partial charge in [0.1, 0.15) is 5.82 Å². The Kier molecular flexibility index (Phi) is 4.58. The maximum atomic E-state index is 13.4. The van der Waals surface area contributed by atoms with E-state index in [1.54, 1.807) is 17.4 Å². The van der Waals surface area contributed by atoms with E-state index in [4.69, 9.17) is 0 Å². The molecule has 3 heterocycles. The Bertz CT molecular complexity index is 847. The number of thiazole rings is 1. The Morgan fingerprint density at radius 2 is 2.19 bits per heavy atom. The molecule has 2 aliphatic rings. The van der Waals surface area contributed by atoms with E-state index in [0.29, 0.717) is 17.8 Å². The van der Waals surface area contributed by atoms with Crippen LogP contribution < -0.4 is 15.5 Å². The minimum atomic E-state index is -0.615. The molecule has 4 rings (SSSR count). The summed E-state index contributed by atoms with van der Waals surface area (Å²) in [4.78, 5) is 31.3. The van der Waals surface area contributed by atoms with Crippen LogP contribution in [0.2, 0.25) is 0 Å². The van der Waals surface area contributed by atoms with Crippen molar-refractivity contribution in [2.24, 2.45) is 0 Å². The van der Waals surface area contributed by atoms with E-state index in [-0.39, 0.29) is 18.2 Å². The highest BCUT2D eigenvalue weighted by molar-refractivity contribution is 7.13. The predicted molar refractivity (Wildman–Crippen MR) is 97.8 cm³/mol. The minimum Gasteiger partial charge on any atom is -0.350 e. The summed E-state index contributed by atoms with van der Waals surface area (Å²) in [7, 11) is 0. The van der Waals surface area contributed by atoms with Crippen LogP contribution in [0.25, 0.3) is 0 Å². The summed E-state index contributed by atoms with van der Waals surface area (Å²) in [6.07, 6.45) is 2.44. The van der Waals surface area contributed by atoms with Crippen LogP contribution in [0.5, 0.6) is 0 Å². The van der Waals surface area contributed by atoms with E-state index in [2.05, 4.69) is 20.5 Å². The van der Waals surface area contributed by atoms with Gasteiger partial charge in [-0.2, -0.15) is 0 Å². The lowest BCUT2D eigenvalue weighted by Crippen LogP contribution is -2.34. The standard InChI is InChI=1S/C18H19FN4O2S/c19-11-3-4-13-14(8-16(24)22-15(13)7-11)17(25)20-9-12-10-26-18(21-12)23-5-1-2-6-23/h3-4,7,10,14H,1-2,5-6,8-9H2,(H,20,25)(H,22,24)/t14-/m1/s1. The quantitative estimate of drug-likeness (QED) is 0.863. The van der Waals surface area contributed by atoms with Crippen LogP contribution in [-0.2, 0) is 16.1 Å². The van der Waals surface area contributed by atoms with Crippen molar-refractivity contribution in [2.75, 3.05) is 23.3 Å². The van der Waals surface area contributed by atoms with Gasteiger partial charge < -0.3 is 15.5 Å². The number of aromatic nitrogens is 1. The van der Waals surface area contributed by atoms with Gasteiger partial charge in [-0.1, -0.05) is 6.07 Å². The van der Waals surface area contributed by atoms with Crippen molar-refractivity contribution in [3.05, 3.63) is 40.7 Å². The average Bonchev–Trinajstić information content (AvgIpc) is 3.29. The number of fused-ring (bicyclic) bond motifs is 1. The average molecular weight is 374 g/mol. The van der Waals surface area contributed by atoms with E-state index in [9.17, 15) is 14.0 Å². The molecule has 1 saturated heterocycles. The number of carbonyl (C=O) groups excluding carboxylic acids is 2. The summed E-state index contributed by atoms with van der Waals surface area (Å²) in [6.45, 7) is 2.38. The van der Waals surface area contributed by atoms with Crippen LogP contribution >= 0.6 is 11.3 Å². The fraction of sp³-hybridized carbons (Fsp3) is 0.389. The van der Waals surface area contributed by atoms with Crippen molar-refractivity contribution in [3.8, 4) is 0 Å². The number of hydrogen-bond acceptors (Lipinski definition) is 5. The van der Waals surface area contributed by atoms with Crippen LogP contribution in [-0.4, -0.2) is 29.9 Å². The summed E-state index contributed by atoms with van der Waals surface area (Å²) in [5.41, 5.74) is 1.82. The van der Waals surface area contributed by atoms with E-state index in [0.717, 1.165) is 23.9 Å². The van der Waals surface area contributed by atoms with Crippen LogP contribution in [0.15, 0.2) is 23.6 Å². The van der Waals surface area contributed by atoms with E-state index >= 15 is 0 Å². The van der Waals surface area contributed by atoms with Crippen molar-refractivity contribution in [1.82, 2.24) is 10.3 Å². The Balaban J connectivity index is 1.43. The number of hydrogen-bond donors (Lipinski definition) is 2. The zero-order valence-corrected chi connectivity index (χ0v) is 14.9. The number of anilines is 2. The molecule has 1 fully saturated rings. The molecule has 2 aromatic rings. The molecular weight excluding hydrogens is 355 g/mol. The van der Waals surface area contributed by atoms with Crippen molar-refractivity contribution in [2.45, 2.75) is 31.7 Å². The third-order valence-electron chi connectivity index (χ3n) is 4.73. The highest BCUT2D eigenvalue weighted by Crippen LogP contribution is 2.33. The molecule has 8 heteroatoms. The fourth-order valence-electron chi connectivity index (χ4n) is 3.40. The number of amides is 2. The number of benzene rings is 1. The Labute approximate surface area is 154 Å². The molecule has 2 amide bonds. The van der Waals surface area contributed by atoms with Crippen molar-refractivity contribution in [1.29, 1.82) is 0 Å². The number of nitrogens with zero attached hydrogens (tertiary/aromatic N) is 2. The normalized spacial score (nSPS) is 19.2. The van der Waals surface area contributed by atoms with Crippen LogP contribution in [0.3, 0.4) is 0 Å². The first-order chi connectivity index (χ1) is 12.6. The van der Waals surface area contributed by atoms with Crippen LogP contribution in [0, 0.1) is 5.82 Å². The molecule has 136 valence electrons. The summed E-state index contributed by atoms with van der Waals surface area (Å²) >= 11 is 1.58. The second kappa shape index (κ2) is 7.03. The largest absolute Gasteiger partial charge is 0.350 e. The lowest BCUT2D eigenvalue weighted by molar-refractivity contribution is -0.126. The number of carbonyl (C=O) groups is 2. The van der Waals surface area contributed by atoms with Crippen molar-refractivity contribution >= 4 is 34.0 Å². The lowest BCUT2D eigenvalue weighted by Gasteiger charge is -2.24. The second-order valence-corrected chi connectivity index (χ2v) is 7.41. The summed E-state index contributed by atoms with van der Waals surface area (Å²) in [6, 6.07) is 4.11. The number of rotatable bonds is 4. The first-order valence-corrected chi connectivity index (χ1v) is 9.54. The first-order valence-electron chi connectivity index (χ1n) is 8.66. The monoisotopic (exact) mass is 374 g/mol. The molecule has 1 aromatic carbocycles. The SMILES string of the molecule is O=C1C[C@@H](C(=O)NCc2csc(N3CCCC3)n2)c2ccc(F)cc2N1. The third kappa shape index (κ3) is 3.41. The van der Waals surface area contributed by atoms with E-state index in [1.807, 2.05) is 5.38 Å². The minimum absolute atomic E-state index is 0.0561. The summed E-state index contributed by atoms with van der Waals surface area (Å²) in [5.74, 6) is -1.59. The van der Waals surface area contributed by atoms with Gasteiger partial charge in [0.2, 0.25) is 11.8 Å². The smallest absolute Gasteiger partial charge is 0.228 e. The first kappa shape index (κ1) is 17.0. The molecule has 0 unspecified atom stereocenters. The lowest BCUT2D eigenvalue weighted by atomic mass is 9.89. The molecule has 0 bridgehead atoms. The van der Waals surface area contributed by atoms with Gasteiger partial charge in [-0.05, 0) is 30.5 Å². The maximum absolute atomic E-state index is 13.4. The van der Waals surface area contributed by atoms with E-state index < -0.39 is 11.7 Å². The van der Waals surface area contributed by atoms with Gasteiger partial charge in [-0.3, -0.25) is 9.59 Å². The topological polar surface area (TPSA) is 74.3 Å². The predicted octanol–water partition coefficient (Wildman–Crippen LogP) is 2.62. The molecule has 1 atom stereocenters. The Hall–Kier alpha value is -2.48. The molecular formula is C18H19FN4O2S. The molecule has 2 N–H and O–H groups in total. The van der Waals surface area contributed by atoms with Crippen LogP contribution in [0.4, 0.5) is 15.2 Å². The molecule has 2 aliphatic heterocycles. The Morgan fingerprint density at radius 1 is 1.38 bits per heavy atom. The molecule has 0 radical (unpaired) electrons. The van der Waals surface area contributed by atoms with Crippen molar-refractivity contribution in [3.63, 3.8) is 0 Å². The molecule has 6 nitrogen and oxygen atoms in total. The van der Waals surface area contributed by atoms with Gasteiger partial charge in [-0.15, -0.1) is 11.3 Å². The summed E-state index contributed by atoms with van der Waals surface area (Å²) in [5, 5.41) is 8.42. The van der Waals surface area contributed by atoms with Gasteiger partial charge in [0.05, 0.1) is 18.2 Å². The van der Waals surface area contributed by atoms with E-state index in [1.165, 1.54) is 25.0 Å². The zero-order valence-electron chi connectivity index (χ0n) is 14.1. The molecule has 26 heavy (non-hydrogen) atoms. The molecule has 0 aliphatic carbocycles. The van der Waals surface area contributed by atoms with Crippen molar-refractivity contribution < 1.29 is 14.0 Å². The Morgan fingerprint density at radius 3 is 3.00 bits per heavy atom. The van der Waals surface area contributed by atoms with Gasteiger partial charge >= 0.3 is 0 Å².